The second kappa shape index (κ2) is 5.98. The second-order valence-corrected chi connectivity index (χ2v) is 5.08. The van der Waals surface area contributed by atoms with Crippen molar-refractivity contribution in [1.82, 2.24) is 10.3 Å². The van der Waals surface area contributed by atoms with Crippen molar-refractivity contribution in [2.24, 2.45) is 0 Å². The summed E-state index contributed by atoms with van der Waals surface area (Å²) >= 11 is 0. The molecule has 0 spiro atoms. The van der Waals surface area contributed by atoms with Crippen LogP contribution in [0.4, 0.5) is 0 Å². The summed E-state index contributed by atoms with van der Waals surface area (Å²) in [6.07, 6.45) is 3.83. The van der Waals surface area contributed by atoms with Gasteiger partial charge < -0.3 is 5.32 Å². The van der Waals surface area contributed by atoms with Gasteiger partial charge in [0.15, 0.2) is 0 Å². The third-order valence-corrected chi connectivity index (χ3v) is 3.54. The molecule has 0 aliphatic carbocycles. The van der Waals surface area contributed by atoms with Crippen molar-refractivity contribution in [1.29, 1.82) is 0 Å². The lowest BCUT2D eigenvalue weighted by Crippen LogP contribution is -2.23. The van der Waals surface area contributed by atoms with Crippen molar-refractivity contribution in [3.63, 3.8) is 0 Å². The normalized spacial score (nSPS) is 12.4. The Balaban J connectivity index is 2.51. The number of rotatable bonds is 4. The van der Waals surface area contributed by atoms with Crippen LogP contribution in [0.3, 0.4) is 0 Å². The lowest BCUT2D eigenvalue weighted by molar-refractivity contribution is 0.622. The Morgan fingerprint density at radius 2 is 1.79 bits per heavy atom. The van der Waals surface area contributed by atoms with Crippen LogP contribution in [-0.4, -0.2) is 11.5 Å². The summed E-state index contributed by atoms with van der Waals surface area (Å²) in [7, 11) is 0. The van der Waals surface area contributed by atoms with E-state index in [0.717, 1.165) is 6.54 Å². The number of aromatic nitrogens is 1. The van der Waals surface area contributed by atoms with E-state index in [0.29, 0.717) is 0 Å². The largest absolute Gasteiger partial charge is 0.306 e. The fraction of sp³-hybridized carbons (Fsp3) is 0.353. The number of pyridine rings is 1. The van der Waals surface area contributed by atoms with E-state index in [2.05, 4.69) is 62.3 Å². The first kappa shape index (κ1) is 13.8. The second-order valence-electron chi connectivity index (χ2n) is 5.08. The summed E-state index contributed by atoms with van der Waals surface area (Å²) in [5.41, 5.74) is 6.50. The number of hydrogen-bond donors (Lipinski definition) is 1. The van der Waals surface area contributed by atoms with E-state index in [-0.39, 0.29) is 6.04 Å². The Kier molecular flexibility index (Phi) is 4.33. The molecule has 0 aliphatic rings. The molecule has 0 fully saturated rings. The standard InChI is InChI=1S/C17H22N2/c1-5-19-17(16-11-18-9-8-14(16)4)15-10-12(2)6-7-13(15)3/h6-11,17,19H,5H2,1-4H3. The predicted molar refractivity (Wildman–Crippen MR) is 80.4 cm³/mol. The number of nitrogens with one attached hydrogen (secondary N) is 1. The monoisotopic (exact) mass is 254 g/mol. The van der Waals surface area contributed by atoms with E-state index in [9.17, 15) is 0 Å². The van der Waals surface area contributed by atoms with Crippen LogP contribution in [0.2, 0.25) is 0 Å². The van der Waals surface area contributed by atoms with E-state index in [1.165, 1.54) is 27.8 Å². The molecule has 0 saturated carbocycles. The number of nitrogens with zero attached hydrogens (tertiary/aromatic N) is 1. The minimum Gasteiger partial charge on any atom is -0.306 e. The maximum atomic E-state index is 4.29. The number of benzene rings is 1. The van der Waals surface area contributed by atoms with Crippen LogP contribution in [0.25, 0.3) is 0 Å². The molecule has 1 N–H and O–H groups in total. The van der Waals surface area contributed by atoms with Crippen LogP contribution in [0.1, 0.15) is 40.8 Å². The quantitative estimate of drug-likeness (QED) is 0.899. The summed E-state index contributed by atoms with van der Waals surface area (Å²) < 4.78 is 0. The SMILES string of the molecule is CCNC(c1cnccc1C)c1cc(C)ccc1C. The molecule has 1 aromatic heterocycles. The highest BCUT2D eigenvalue weighted by molar-refractivity contribution is 5.40. The molecule has 1 heterocycles. The zero-order valence-electron chi connectivity index (χ0n) is 12.2. The molecule has 100 valence electrons. The van der Waals surface area contributed by atoms with E-state index >= 15 is 0 Å². The molecular formula is C17H22N2. The van der Waals surface area contributed by atoms with Crippen LogP contribution >= 0.6 is 0 Å². The van der Waals surface area contributed by atoms with Crippen LogP contribution in [0.15, 0.2) is 36.7 Å². The van der Waals surface area contributed by atoms with Crippen molar-refractivity contribution < 1.29 is 0 Å². The Bertz CT molecular complexity index is 561. The van der Waals surface area contributed by atoms with Crippen molar-refractivity contribution in [3.8, 4) is 0 Å². The highest BCUT2D eigenvalue weighted by atomic mass is 14.9. The van der Waals surface area contributed by atoms with E-state index in [1.54, 1.807) is 0 Å². The van der Waals surface area contributed by atoms with Gasteiger partial charge in [0, 0.05) is 12.4 Å². The molecule has 2 heteroatoms. The van der Waals surface area contributed by atoms with E-state index < -0.39 is 0 Å². The Morgan fingerprint density at radius 3 is 2.47 bits per heavy atom. The van der Waals surface area contributed by atoms with Crippen LogP contribution < -0.4 is 5.32 Å². The average molecular weight is 254 g/mol. The van der Waals surface area contributed by atoms with Gasteiger partial charge in [-0.25, -0.2) is 0 Å². The molecule has 2 nitrogen and oxygen atoms in total. The minimum absolute atomic E-state index is 0.221. The van der Waals surface area contributed by atoms with Gasteiger partial charge in [0.2, 0.25) is 0 Å². The molecule has 1 unspecified atom stereocenters. The van der Waals surface area contributed by atoms with Crippen molar-refractivity contribution in [2.75, 3.05) is 6.54 Å². The molecule has 2 aromatic rings. The topological polar surface area (TPSA) is 24.9 Å². The molecule has 0 aliphatic heterocycles. The third-order valence-electron chi connectivity index (χ3n) is 3.54. The molecule has 19 heavy (non-hydrogen) atoms. The Morgan fingerprint density at radius 1 is 1.05 bits per heavy atom. The Hall–Kier alpha value is -1.67. The highest BCUT2D eigenvalue weighted by Gasteiger charge is 2.17. The fourth-order valence-electron chi connectivity index (χ4n) is 2.44. The van der Waals surface area contributed by atoms with Crippen molar-refractivity contribution in [3.05, 3.63) is 64.5 Å². The summed E-state index contributed by atoms with van der Waals surface area (Å²) in [5.74, 6) is 0. The maximum Gasteiger partial charge on any atom is 0.0597 e. The van der Waals surface area contributed by atoms with Crippen LogP contribution in [0, 0.1) is 20.8 Å². The summed E-state index contributed by atoms with van der Waals surface area (Å²) in [6, 6.07) is 8.93. The molecular weight excluding hydrogens is 232 g/mol. The minimum atomic E-state index is 0.221. The molecule has 1 atom stereocenters. The zero-order valence-corrected chi connectivity index (χ0v) is 12.2. The number of aryl methyl sites for hydroxylation is 3. The van der Waals surface area contributed by atoms with Gasteiger partial charge in [0.25, 0.3) is 0 Å². The molecule has 0 saturated heterocycles. The first-order valence-corrected chi connectivity index (χ1v) is 6.84. The van der Waals surface area contributed by atoms with Gasteiger partial charge >= 0.3 is 0 Å². The highest BCUT2D eigenvalue weighted by Crippen LogP contribution is 2.27. The third kappa shape index (κ3) is 3.02. The van der Waals surface area contributed by atoms with Crippen molar-refractivity contribution >= 4 is 0 Å². The van der Waals surface area contributed by atoms with E-state index in [1.807, 2.05) is 12.4 Å². The van der Waals surface area contributed by atoms with Crippen LogP contribution in [-0.2, 0) is 0 Å². The van der Waals surface area contributed by atoms with Crippen molar-refractivity contribution in [2.45, 2.75) is 33.7 Å². The molecule has 0 amide bonds. The van der Waals surface area contributed by atoms with Gasteiger partial charge in [-0.05, 0) is 55.6 Å². The lowest BCUT2D eigenvalue weighted by Gasteiger charge is -2.22. The first-order chi connectivity index (χ1) is 9.13. The lowest BCUT2D eigenvalue weighted by atomic mass is 9.92. The van der Waals surface area contributed by atoms with Gasteiger partial charge in [-0.1, -0.05) is 30.7 Å². The zero-order chi connectivity index (χ0) is 13.8. The van der Waals surface area contributed by atoms with Gasteiger partial charge in [-0.3, -0.25) is 4.98 Å². The fourth-order valence-corrected chi connectivity index (χ4v) is 2.44. The van der Waals surface area contributed by atoms with Gasteiger partial charge in [0.1, 0.15) is 0 Å². The summed E-state index contributed by atoms with van der Waals surface area (Å²) in [4.78, 5) is 4.29. The molecule has 0 radical (unpaired) electrons. The van der Waals surface area contributed by atoms with Crippen LogP contribution in [0.5, 0.6) is 0 Å². The summed E-state index contributed by atoms with van der Waals surface area (Å²) in [6.45, 7) is 9.54. The number of hydrogen-bond acceptors (Lipinski definition) is 2. The summed E-state index contributed by atoms with van der Waals surface area (Å²) in [5, 5.41) is 3.58. The average Bonchev–Trinajstić information content (AvgIpc) is 2.40. The van der Waals surface area contributed by atoms with Gasteiger partial charge in [0.05, 0.1) is 6.04 Å². The van der Waals surface area contributed by atoms with Gasteiger partial charge in [-0.2, -0.15) is 0 Å². The maximum absolute atomic E-state index is 4.29. The predicted octanol–water partition coefficient (Wildman–Crippen LogP) is 3.71. The smallest absolute Gasteiger partial charge is 0.0597 e. The molecule has 2 rings (SSSR count). The first-order valence-electron chi connectivity index (χ1n) is 6.84. The van der Waals surface area contributed by atoms with Gasteiger partial charge in [-0.15, -0.1) is 0 Å². The Labute approximate surface area is 115 Å². The van der Waals surface area contributed by atoms with E-state index in [4.69, 9.17) is 0 Å². The molecule has 0 bridgehead atoms. The molecule has 1 aromatic carbocycles.